The molecule has 0 unspecified atom stereocenters. The molecule has 3 aromatic heterocycles. The van der Waals surface area contributed by atoms with Crippen LogP contribution in [0.2, 0.25) is 0 Å². The van der Waals surface area contributed by atoms with Gasteiger partial charge in [0.25, 0.3) is 0 Å². The second kappa shape index (κ2) is 3.65. The molecule has 0 aliphatic heterocycles. The molecule has 3 heterocycles. The van der Waals surface area contributed by atoms with Crippen LogP contribution in [-0.2, 0) is 6.54 Å². The molecule has 0 aliphatic carbocycles. The number of aromatic nitrogens is 4. The first kappa shape index (κ1) is 8.90. The monoisotopic (exact) mass is 215 g/mol. The summed E-state index contributed by atoms with van der Waals surface area (Å²) in [6, 6.07) is 3.76. The first-order valence-corrected chi connectivity index (χ1v) is 4.83. The van der Waals surface area contributed by atoms with Gasteiger partial charge in [-0.05, 0) is 12.1 Å². The molecule has 0 aromatic carbocycles. The number of hydrogen-bond donors (Lipinski definition) is 1. The highest BCUT2D eigenvalue weighted by atomic mass is 16.3. The molecule has 0 aliphatic rings. The van der Waals surface area contributed by atoms with Crippen LogP contribution in [0.4, 0.5) is 0 Å². The zero-order chi connectivity index (χ0) is 10.8. The van der Waals surface area contributed by atoms with Gasteiger partial charge in [0, 0.05) is 0 Å². The number of furan rings is 1. The highest BCUT2D eigenvalue weighted by Crippen LogP contribution is 2.06. The largest absolute Gasteiger partial charge is 0.467 e. The quantitative estimate of drug-likeness (QED) is 0.710. The van der Waals surface area contributed by atoms with E-state index in [4.69, 9.17) is 4.42 Å². The van der Waals surface area contributed by atoms with E-state index in [1.807, 2.05) is 12.1 Å². The molecule has 80 valence electrons. The minimum absolute atomic E-state index is 0.586. The highest BCUT2D eigenvalue weighted by molar-refractivity contribution is 5.69. The Morgan fingerprint density at radius 3 is 3.25 bits per heavy atom. The van der Waals surface area contributed by atoms with Gasteiger partial charge in [0.05, 0.1) is 19.0 Å². The summed E-state index contributed by atoms with van der Waals surface area (Å²) in [5.41, 5.74) is 4.65. The summed E-state index contributed by atoms with van der Waals surface area (Å²) in [4.78, 5) is 12.2. The number of fused-ring (bicyclic) bond motifs is 1. The smallest absolute Gasteiger partial charge is 0.181 e. The Hall–Kier alpha value is -2.37. The van der Waals surface area contributed by atoms with Crippen molar-refractivity contribution in [3.63, 3.8) is 0 Å². The van der Waals surface area contributed by atoms with E-state index in [0.717, 1.165) is 16.9 Å². The molecule has 6 nitrogen and oxygen atoms in total. The van der Waals surface area contributed by atoms with E-state index >= 15 is 0 Å². The van der Waals surface area contributed by atoms with Crippen LogP contribution in [-0.4, -0.2) is 19.6 Å². The third-order valence-corrected chi connectivity index (χ3v) is 2.22. The Morgan fingerprint density at radius 1 is 1.38 bits per heavy atom. The van der Waals surface area contributed by atoms with Crippen molar-refractivity contribution in [2.45, 2.75) is 6.54 Å². The maximum atomic E-state index is 5.21. The number of nitrogens with one attached hydrogen (secondary N) is 1. The second-order valence-corrected chi connectivity index (χ2v) is 3.26. The van der Waals surface area contributed by atoms with Crippen LogP contribution in [0.3, 0.4) is 0 Å². The van der Waals surface area contributed by atoms with Gasteiger partial charge in [0.1, 0.15) is 23.9 Å². The Labute approximate surface area is 90.9 Å². The molecular weight excluding hydrogens is 206 g/mol. The number of rotatable bonds is 3. The van der Waals surface area contributed by atoms with Gasteiger partial charge in [-0.3, -0.25) is 0 Å². The van der Waals surface area contributed by atoms with Gasteiger partial charge in [-0.1, -0.05) is 0 Å². The molecule has 0 bridgehead atoms. The normalized spacial score (nSPS) is 10.8. The fourth-order valence-corrected chi connectivity index (χ4v) is 1.46. The summed E-state index contributed by atoms with van der Waals surface area (Å²) in [5, 5.41) is 0. The summed E-state index contributed by atoms with van der Waals surface area (Å²) < 4.78 is 6.96. The average molecular weight is 215 g/mol. The maximum absolute atomic E-state index is 5.21. The molecule has 0 amide bonds. The molecule has 0 spiro atoms. The lowest BCUT2D eigenvalue weighted by molar-refractivity contribution is 0.511. The minimum Gasteiger partial charge on any atom is -0.467 e. The molecular formula is C10H9N5O. The Kier molecular flexibility index (Phi) is 2.03. The summed E-state index contributed by atoms with van der Waals surface area (Å²) >= 11 is 0. The zero-order valence-corrected chi connectivity index (χ0v) is 8.37. The zero-order valence-electron chi connectivity index (χ0n) is 8.37. The van der Waals surface area contributed by atoms with Gasteiger partial charge in [0.15, 0.2) is 5.65 Å². The van der Waals surface area contributed by atoms with Gasteiger partial charge >= 0.3 is 0 Å². The second-order valence-electron chi connectivity index (χ2n) is 3.26. The van der Waals surface area contributed by atoms with Crippen molar-refractivity contribution >= 4 is 11.2 Å². The lowest BCUT2D eigenvalue weighted by Crippen LogP contribution is -2.13. The third kappa shape index (κ3) is 1.50. The lowest BCUT2D eigenvalue weighted by Gasteiger charge is -2.04. The molecule has 3 rings (SSSR count). The van der Waals surface area contributed by atoms with Crippen LogP contribution in [0.1, 0.15) is 5.76 Å². The number of hydrogen-bond acceptors (Lipinski definition) is 5. The van der Waals surface area contributed by atoms with Gasteiger partial charge < -0.3 is 9.84 Å². The fourth-order valence-electron chi connectivity index (χ4n) is 1.46. The van der Waals surface area contributed by atoms with E-state index in [1.165, 1.54) is 6.33 Å². The summed E-state index contributed by atoms with van der Waals surface area (Å²) in [6.45, 7) is 0.586. The lowest BCUT2D eigenvalue weighted by atomic mass is 10.5. The van der Waals surface area contributed by atoms with E-state index in [-0.39, 0.29) is 0 Å². The molecule has 16 heavy (non-hydrogen) atoms. The van der Waals surface area contributed by atoms with Crippen LogP contribution in [0.25, 0.3) is 11.2 Å². The Balaban J connectivity index is 1.84. The first-order chi connectivity index (χ1) is 7.93. The van der Waals surface area contributed by atoms with E-state index in [9.17, 15) is 0 Å². The summed E-state index contributed by atoms with van der Waals surface area (Å²) in [6.07, 6.45) is 6.48. The van der Waals surface area contributed by atoms with Crippen molar-refractivity contribution in [1.29, 1.82) is 0 Å². The molecule has 6 heteroatoms. The number of imidazole rings is 1. The van der Waals surface area contributed by atoms with E-state index in [1.54, 1.807) is 23.5 Å². The van der Waals surface area contributed by atoms with Crippen molar-refractivity contribution in [3.05, 3.63) is 43.0 Å². The maximum Gasteiger partial charge on any atom is 0.181 e. The molecule has 0 fully saturated rings. The summed E-state index contributed by atoms with van der Waals surface area (Å²) in [5.74, 6) is 0.857. The van der Waals surface area contributed by atoms with Crippen molar-refractivity contribution in [3.8, 4) is 0 Å². The summed E-state index contributed by atoms with van der Waals surface area (Å²) in [7, 11) is 0. The van der Waals surface area contributed by atoms with Gasteiger partial charge in [0.2, 0.25) is 0 Å². The number of nitrogens with zero attached hydrogens (tertiary/aromatic N) is 4. The van der Waals surface area contributed by atoms with Crippen molar-refractivity contribution in [1.82, 2.24) is 19.6 Å². The predicted molar refractivity (Wildman–Crippen MR) is 57.1 cm³/mol. The van der Waals surface area contributed by atoms with Gasteiger partial charge in [-0.15, -0.1) is 0 Å². The van der Waals surface area contributed by atoms with Crippen molar-refractivity contribution < 1.29 is 4.42 Å². The van der Waals surface area contributed by atoms with Crippen molar-refractivity contribution in [2.24, 2.45) is 0 Å². The molecule has 1 N–H and O–H groups in total. The fraction of sp³-hybridized carbons (Fsp3) is 0.100. The van der Waals surface area contributed by atoms with E-state index < -0.39 is 0 Å². The van der Waals surface area contributed by atoms with E-state index in [0.29, 0.717) is 6.54 Å². The van der Waals surface area contributed by atoms with Crippen LogP contribution in [0.15, 0.2) is 41.7 Å². The van der Waals surface area contributed by atoms with E-state index in [2.05, 4.69) is 20.4 Å². The van der Waals surface area contributed by atoms with Gasteiger partial charge in [-0.2, -0.15) is 0 Å². The standard InChI is InChI=1S/C10H9N5O/c1-2-8(16-3-1)4-14-15-7-13-9-5-11-6-12-10(9)15/h1-3,5-7,14H,4H2. The minimum atomic E-state index is 0.586. The molecule has 0 saturated heterocycles. The highest BCUT2D eigenvalue weighted by Gasteiger charge is 2.03. The topological polar surface area (TPSA) is 68.8 Å². The Morgan fingerprint density at radius 2 is 2.38 bits per heavy atom. The van der Waals surface area contributed by atoms with Crippen LogP contribution >= 0.6 is 0 Å². The Bertz CT molecular complexity index is 586. The average Bonchev–Trinajstić information content (AvgIpc) is 2.96. The molecule has 0 radical (unpaired) electrons. The third-order valence-electron chi connectivity index (χ3n) is 2.22. The molecule has 0 atom stereocenters. The van der Waals surface area contributed by atoms with Crippen LogP contribution in [0.5, 0.6) is 0 Å². The van der Waals surface area contributed by atoms with Gasteiger partial charge in [-0.25, -0.2) is 19.6 Å². The SMILES string of the molecule is c1coc(CNn2cnc3cncnc32)c1. The van der Waals surface area contributed by atoms with Crippen LogP contribution < -0.4 is 5.43 Å². The molecule has 3 aromatic rings. The molecule has 0 saturated carbocycles. The predicted octanol–water partition coefficient (Wildman–Crippen LogP) is 1.16. The first-order valence-electron chi connectivity index (χ1n) is 4.83. The van der Waals surface area contributed by atoms with Crippen LogP contribution in [0, 0.1) is 0 Å². The van der Waals surface area contributed by atoms with Crippen molar-refractivity contribution in [2.75, 3.05) is 5.43 Å².